The van der Waals surface area contributed by atoms with Gasteiger partial charge in [0.25, 0.3) is 0 Å². The molecule has 0 aromatic rings. The first kappa shape index (κ1) is 10.3. The van der Waals surface area contributed by atoms with E-state index in [0.29, 0.717) is 5.75 Å². The SMILES string of the molecule is CCCCS(=O)(=O)CSC. The van der Waals surface area contributed by atoms with Gasteiger partial charge in [-0.1, -0.05) is 13.3 Å². The lowest BCUT2D eigenvalue weighted by Crippen LogP contribution is -2.07. The highest BCUT2D eigenvalue weighted by molar-refractivity contribution is 8.12. The van der Waals surface area contributed by atoms with E-state index in [1.54, 1.807) is 0 Å². The van der Waals surface area contributed by atoms with E-state index in [-0.39, 0.29) is 5.08 Å². The Hall–Kier alpha value is 0.300. The van der Waals surface area contributed by atoms with Gasteiger partial charge in [0.15, 0.2) is 9.84 Å². The maximum absolute atomic E-state index is 11.0. The van der Waals surface area contributed by atoms with Crippen LogP contribution in [0.4, 0.5) is 0 Å². The van der Waals surface area contributed by atoms with Gasteiger partial charge in [-0.3, -0.25) is 0 Å². The normalized spacial score (nSPS) is 11.8. The lowest BCUT2D eigenvalue weighted by atomic mass is 10.4. The van der Waals surface area contributed by atoms with Crippen molar-refractivity contribution in [2.24, 2.45) is 0 Å². The topological polar surface area (TPSA) is 34.1 Å². The van der Waals surface area contributed by atoms with Crippen molar-refractivity contribution in [1.29, 1.82) is 0 Å². The quantitative estimate of drug-likeness (QED) is 0.646. The molecule has 0 aliphatic rings. The molecule has 0 heterocycles. The monoisotopic (exact) mass is 182 g/mol. The maximum atomic E-state index is 11.0. The van der Waals surface area contributed by atoms with Gasteiger partial charge in [0, 0.05) is 0 Å². The van der Waals surface area contributed by atoms with Crippen LogP contribution in [0.15, 0.2) is 0 Å². The first-order valence-electron chi connectivity index (χ1n) is 3.31. The summed E-state index contributed by atoms with van der Waals surface area (Å²) in [5.41, 5.74) is 0. The van der Waals surface area contributed by atoms with Gasteiger partial charge in [0.05, 0.1) is 10.8 Å². The summed E-state index contributed by atoms with van der Waals surface area (Å²) in [6, 6.07) is 0. The molecule has 62 valence electrons. The summed E-state index contributed by atoms with van der Waals surface area (Å²) in [6.07, 6.45) is 3.56. The van der Waals surface area contributed by atoms with Crippen LogP contribution in [0, 0.1) is 0 Å². The van der Waals surface area contributed by atoms with Gasteiger partial charge in [-0.25, -0.2) is 8.42 Å². The maximum Gasteiger partial charge on any atom is 0.159 e. The molecule has 0 bridgehead atoms. The van der Waals surface area contributed by atoms with Gasteiger partial charge in [-0.2, -0.15) is 0 Å². The summed E-state index contributed by atoms with van der Waals surface area (Å²) in [7, 11) is -2.73. The Labute approximate surface area is 67.3 Å². The highest BCUT2D eigenvalue weighted by Crippen LogP contribution is 2.03. The van der Waals surface area contributed by atoms with E-state index in [4.69, 9.17) is 0 Å². The fourth-order valence-electron chi connectivity index (χ4n) is 0.603. The number of unbranched alkanes of at least 4 members (excludes halogenated alkanes) is 1. The first-order chi connectivity index (χ1) is 4.62. The molecule has 2 nitrogen and oxygen atoms in total. The molecule has 0 rings (SSSR count). The van der Waals surface area contributed by atoms with Gasteiger partial charge in [0.1, 0.15) is 0 Å². The van der Waals surface area contributed by atoms with Gasteiger partial charge in [0.2, 0.25) is 0 Å². The zero-order valence-electron chi connectivity index (χ0n) is 6.46. The van der Waals surface area contributed by atoms with Crippen LogP contribution in [-0.4, -0.2) is 25.5 Å². The summed E-state index contributed by atoms with van der Waals surface area (Å²) in [6.45, 7) is 1.99. The third kappa shape index (κ3) is 5.11. The van der Waals surface area contributed by atoms with E-state index in [0.717, 1.165) is 12.8 Å². The standard InChI is InChI=1S/C6H14O2S2/c1-3-4-5-10(7,8)6-9-2/h3-6H2,1-2H3. The third-order valence-corrected chi connectivity index (χ3v) is 4.40. The molecule has 0 saturated heterocycles. The van der Waals surface area contributed by atoms with Crippen LogP contribution in [0.3, 0.4) is 0 Å². The highest BCUT2D eigenvalue weighted by atomic mass is 32.3. The second kappa shape index (κ2) is 5.02. The molecular formula is C6H14O2S2. The molecule has 0 aliphatic heterocycles. The Morgan fingerprint density at radius 1 is 1.40 bits per heavy atom. The van der Waals surface area contributed by atoms with Crippen LogP contribution in [0.2, 0.25) is 0 Å². The molecule has 0 unspecified atom stereocenters. The molecular weight excluding hydrogens is 168 g/mol. The van der Waals surface area contributed by atoms with Crippen LogP contribution < -0.4 is 0 Å². The lowest BCUT2D eigenvalue weighted by Gasteiger charge is -1.98. The van der Waals surface area contributed by atoms with E-state index in [9.17, 15) is 8.42 Å². The molecule has 0 amide bonds. The minimum Gasteiger partial charge on any atom is -0.228 e. The van der Waals surface area contributed by atoms with Crippen LogP contribution >= 0.6 is 11.8 Å². The predicted octanol–water partition coefficient (Wildman–Crippen LogP) is 1.52. The average molecular weight is 182 g/mol. The largest absolute Gasteiger partial charge is 0.228 e. The Bertz CT molecular complexity index is 161. The molecule has 0 spiro atoms. The summed E-state index contributed by atoms with van der Waals surface area (Å²) in [5.74, 6) is 0.352. The second-order valence-corrected chi connectivity index (χ2v) is 5.62. The molecule has 0 saturated carbocycles. The Morgan fingerprint density at radius 3 is 2.40 bits per heavy atom. The summed E-state index contributed by atoms with van der Waals surface area (Å²) >= 11 is 1.37. The second-order valence-electron chi connectivity index (χ2n) is 2.21. The van der Waals surface area contributed by atoms with E-state index in [1.807, 2.05) is 13.2 Å². The summed E-state index contributed by atoms with van der Waals surface area (Å²) in [5, 5.41) is 0.271. The summed E-state index contributed by atoms with van der Waals surface area (Å²) < 4.78 is 21.9. The Morgan fingerprint density at radius 2 is 2.00 bits per heavy atom. The molecule has 0 fully saturated rings. The van der Waals surface area contributed by atoms with Crippen LogP contribution in [0.5, 0.6) is 0 Å². The van der Waals surface area contributed by atoms with E-state index in [1.165, 1.54) is 11.8 Å². The van der Waals surface area contributed by atoms with E-state index < -0.39 is 9.84 Å². The summed E-state index contributed by atoms with van der Waals surface area (Å²) in [4.78, 5) is 0. The van der Waals surface area contributed by atoms with Crippen molar-refractivity contribution in [3.63, 3.8) is 0 Å². The van der Waals surface area contributed by atoms with Gasteiger partial charge in [-0.05, 0) is 12.7 Å². The number of hydrogen-bond donors (Lipinski definition) is 0. The predicted molar refractivity (Wildman–Crippen MR) is 47.1 cm³/mol. The third-order valence-electron chi connectivity index (χ3n) is 1.11. The van der Waals surface area contributed by atoms with Crippen molar-refractivity contribution in [2.75, 3.05) is 17.1 Å². The van der Waals surface area contributed by atoms with E-state index in [2.05, 4.69) is 0 Å². The zero-order valence-corrected chi connectivity index (χ0v) is 8.09. The smallest absolute Gasteiger partial charge is 0.159 e. The van der Waals surface area contributed by atoms with Crippen molar-refractivity contribution >= 4 is 21.6 Å². The minimum absolute atomic E-state index is 0.271. The highest BCUT2D eigenvalue weighted by Gasteiger charge is 2.07. The van der Waals surface area contributed by atoms with Crippen molar-refractivity contribution < 1.29 is 8.42 Å². The van der Waals surface area contributed by atoms with Crippen LogP contribution in [0.1, 0.15) is 19.8 Å². The van der Waals surface area contributed by atoms with Gasteiger partial charge in [-0.15, -0.1) is 11.8 Å². The number of hydrogen-bond acceptors (Lipinski definition) is 3. The Kier molecular flexibility index (Phi) is 5.17. The first-order valence-corrected chi connectivity index (χ1v) is 6.53. The average Bonchev–Trinajstić information content (AvgIpc) is 1.84. The fraction of sp³-hybridized carbons (Fsp3) is 1.00. The van der Waals surface area contributed by atoms with Crippen molar-refractivity contribution in [3.8, 4) is 0 Å². The van der Waals surface area contributed by atoms with Crippen molar-refractivity contribution in [3.05, 3.63) is 0 Å². The van der Waals surface area contributed by atoms with Gasteiger partial charge >= 0.3 is 0 Å². The zero-order chi connectivity index (χ0) is 8.04. The number of sulfone groups is 1. The molecule has 0 aromatic carbocycles. The number of rotatable bonds is 5. The molecule has 10 heavy (non-hydrogen) atoms. The van der Waals surface area contributed by atoms with Crippen LogP contribution in [-0.2, 0) is 9.84 Å². The minimum atomic E-state index is -2.73. The fourth-order valence-corrected chi connectivity index (χ4v) is 3.24. The van der Waals surface area contributed by atoms with E-state index >= 15 is 0 Å². The molecule has 0 aliphatic carbocycles. The Balaban J connectivity index is 3.65. The lowest BCUT2D eigenvalue weighted by molar-refractivity contribution is 0.597. The molecule has 0 radical (unpaired) electrons. The van der Waals surface area contributed by atoms with Crippen molar-refractivity contribution in [2.45, 2.75) is 19.8 Å². The number of thioether (sulfide) groups is 1. The van der Waals surface area contributed by atoms with Crippen molar-refractivity contribution in [1.82, 2.24) is 0 Å². The molecule has 0 N–H and O–H groups in total. The van der Waals surface area contributed by atoms with Crippen LogP contribution in [0.25, 0.3) is 0 Å². The molecule has 0 aromatic heterocycles. The molecule has 4 heteroatoms. The molecule has 0 atom stereocenters. The van der Waals surface area contributed by atoms with Gasteiger partial charge < -0.3 is 0 Å².